The molecule has 1 atom stereocenters. The number of hydrogen-bond donors (Lipinski definition) is 2. The Labute approximate surface area is 80.5 Å². The third kappa shape index (κ3) is 5.24. The van der Waals surface area contributed by atoms with Crippen LogP contribution in [0, 0.1) is 0 Å². The van der Waals surface area contributed by atoms with E-state index in [0.717, 1.165) is 0 Å². The molecule has 3 nitrogen and oxygen atoms in total. The van der Waals surface area contributed by atoms with E-state index < -0.39 is 5.60 Å². The fraction of sp³-hybridized carbons (Fsp3) is 1.00. The molecule has 2 N–H and O–H groups in total. The highest BCUT2D eigenvalue weighted by atomic mass is 16.5. The lowest BCUT2D eigenvalue weighted by Crippen LogP contribution is -2.43. The van der Waals surface area contributed by atoms with Gasteiger partial charge in [-0.05, 0) is 33.6 Å². The average Bonchev–Trinajstić information content (AvgIpc) is 2.81. The summed E-state index contributed by atoms with van der Waals surface area (Å²) in [6, 6.07) is 0.644. The zero-order valence-corrected chi connectivity index (χ0v) is 8.84. The van der Waals surface area contributed by atoms with Gasteiger partial charge in [-0.3, -0.25) is 0 Å². The highest BCUT2D eigenvalue weighted by molar-refractivity contribution is 4.85. The van der Waals surface area contributed by atoms with E-state index in [9.17, 15) is 5.11 Å². The van der Waals surface area contributed by atoms with Crippen molar-refractivity contribution in [3.63, 3.8) is 0 Å². The van der Waals surface area contributed by atoms with Crippen LogP contribution < -0.4 is 5.32 Å². The highest BCUT2D eigenvalue weighted by Gasteiger charge is 2.26. The molecule has 1 saturated carbocycles. The van der Waals surface area contributed by atoms with Gasteiger partial charge in [-0.1, -0.05) is 0 Å². The van der Waals surface area contributed by atoms with Crippen molar-refractivity contribution < 1.29 is 9.84 Å². The molecule has 0 aromatic rings. The Bertz CT molecular complexity index is 145. The standard InChI is InChI=1S/C10H21NO2/c1-8(2)13-7-10(3,12)6-11-9-4-5-9/h8-9,11-12H,4-7H2,1-3H3. The van der Waals surface area contributed by atoms with Gasteiger partial charge in [0.05, 0.1) is 18.3 Å². The molecule has 0 spiro atoms. The van der Waals surface area contributed by atoms with Crippen LogP contribution in [0.15, 0.2) is 0 Å². The molecule has 0 bridgehead atoms. The fourth-order valence-electron chi connectivity index (χ4n) is 1.05. The zero-order valence-electron chi connectivity index (χ0n) is 8.84. The maximum atomic E-state index is 9.85. The van der Waals surface area contributed by atoms with Crippen LogP contribution in [0.5, 0.6) is 0 Å². The van der Waals surface area contributed by atoms with Crippen molar-refractivity contribution in [3.05, 3.63) is 0 Å². The van der Waals surface area contributed by atoms with Gasteiger partial charge < -0.3 is 15.2 Å². The predicted octanol–water partition coefficient (Wildman–Crippen LogP) is 0.914. The number of nitrogens with one attached hydrogen (secondary N) is 1. The normalized spacial score (nSPS) is 21.9. The summed E-state index contributed by atoms with van der Waals surface area (Å²) in [7, 11) is 0. The summed E-state index contributed by atoms with van der Waals surface area (Å²) in [6.07, 6.45) is 2.69. The van der Waals surface area contributed by atoms with Crippen molar-refractivity contribution in [2.24, 2.45) is 0 Å². The third-order valence-corrected chi connectivity index (χ3v) is 2.08. The summed E-state index contributed by atoms with van der Waals surface area (Å²) in [5, 5.41) is 13.1. The van der Waals surface area contributed by atoms with Crippen LogP contribution in [0.2, 0.25) is 0 Å². The minimum atomic E-state index is -0.729. The van der Waals surface area contributed by atoms with Crippen molar-refractivity contribution in [2.75, 3.05) is 13.2 Å². The van der Waals surface area contributed by atoms with Crippen molar-refractivity contribution >= 4 is 0 Å². The number of ether oxygens (including phenoxy) is 1. The molecule has 1 aliphatic carbocycles. The molecular formula is C10H21NO2. The second-order valence-corrected chi connectivity index (χ2v) is 4.51. The molecule has 0 aliphatic heterocycles. The molecule has 0 radical (unpaired) electrons. The summed E-state index contributed by atoms with van der Waals surface area (Å²) in [5.74, 6) is 0. The Morgan fingerprint density at radius 3 is 2.62 bits per heavy atom. The van der Waals surface area contributed by atoms with E-state index in [4.69, 9.17) is 4.74 Å². The number of rotatable bonds is 6. The van der Waals surface area contributed by atoms with Gasteiger partial charge in [0.2, 0.25) is 0 Å². The topological polar surface area (TPSA) is 41.5 Å². The van der Waals surface area contributed by atoms with Crippen LogP contribution in [0.1, 0.15) is 33.6 Å². The molecule has 1 fully saturated rings. The molecule has 0 heterocycles. The lowest BCUT2D eigenvalue weighted by Gasteiger charge is -2.24. The van der Waals surface area contributed by atoms with Gasteiger partial charge in [0.15, 0.2) is 0 Å². The van der Waals surface area contributed by atoms with E-state index in [1.54, 1.807) is 0 Å². The first-order valence-corrected chi connectivity index (χ1v) is 5.07. The summed E-state index contributed by atoms with van der Waals surface area (Å²) < 4.78 is 5.37. The molecule has 1 rings (SSSR count). The first-order chi connectivity index (χ1) is 5.99. The van der Waals surface area contributed by atoms with Gasteiger partial charge in [-0.25, -0.2) is 0 Å². The minimum Gasteiger partial charge on any atom is -0.386 e. The zero-order chi connectivity index (χ0) is 9.90. The summed E-state index contributed by atoms with van der Waals surface area (Å²) in [5.41, 5.74) is -0.729. The largest absolute Gasteiger partial charge is 0.386 e. The van der Waals surface area contributed by atoms with E-state index in [-0.39, 0.29) is 6.10 Å². The Morgan fingerprint density at radius 2 is 2.15 bits per heavy atom. The molecule has 13 heavy (non-hydrogen) atoms. The second-order valence-electron chi connectivity index (χ2n) is 4.51. The summed E-state index contributed by atoms with van der Waals surface area (Å²) in [6.45, 7) is 6.80. The molecular weight excluding hydrogens is 166 g/mol. The Hall–Kier alpha value is -0.120. The van der Waals surface area contributed by atoms with Crippen LogP contribution in [-0.4, -0.2) is 36.0 Å². The smallest absolute Gasteiger partial charge is 0.0975 e. The predicted molar refractivity (Wildman–Crippen MR) is 52.7 cm³/mol. The highest BCUT2D eigenvalue weighted by Crippen LogP contribution is 2.19. The van der Waals surface area contributed by atoms with E-state index in [0.29, 0.717) is 19.2 Å². The average molecular weight is 187 g/mol. The van der Waals surface area contributed by atoms with E-state index in [1.807, 2.05) is 20.8 Å². The third-order valence-electron chi connectivity index (χ3n) is 2.08. The summed E-state index contributed by atoms with van der Waals surface area (Å²) in [4.78, 5) is 0. The number of aliphatic hydroxyl groups is 1. The van der Waals surface area contributed by atoms with Crippen molar-refractivity contribution in [1.29, 1.82) is 0 Å². The quantitative estimate of drug-likeness (QED) is 0.649. The summed E-state index contributed by atoms with van der Waals surface area (Å²) >= 11 is 0. The van der Waals surface area contributed by atoms with Crippen molar-refractivity contribution in [2.45, 2.75) is 51.4 Å². The first-order valence-electron chi connectivity index (χ1n) is 5.07. The van der Waals surface area contributed by atoms with Crippen LogP contribution >= 0.6 is 0 Å². The monoisotopic (exact) mass is 187 g/mol. The lowest BCUT2D eigenvalue weighted by atomic mass is 10.1. The van der Waals surface area contributed by atoms with E-state index in [1.165, 1.54) is 12.8 Å². The SMILES string of the molecule is CC(C)OCC(C)(O)CNC1CC1. The van der Waals surface area contributed by atoms with Gasteiger partial charge in [0, 0.05) is 12.6 Å². The maximum absolute atomic E-state index is 9.85. The second kappa shape index (κ2) is 4.40. The fourth-order valence-corrected chi connectivity index (χ4v) is 1.05. The number of hydrogen-bond acceptors (Lipinski definition) is 3. The van der Waals surface area contributed by atoms with E-state index >= 15 is 0 Å². The molecule has 3 heteroatoms. The van der Waals surface area contributed by atoms with Crippen molar-refractivity contribution in [3.8, 4) is 0 Å². The van der Waals surface area contributed by atoms with Gasteiger partial charge >= 0.3 is 0 Å². The molecule has 0 aromatic heterocycles. The van der Waals surface area contributed by atoms with Gasteiger partial charge in [0.1, 0.15) is 0 Å². The Balaban J connectivity index is 2.10. The van der Waals surface area contributed by atoms with Crippen LogP contribution in [-0.2, 0) is 4.74 Å². The molecule has 1 unspecified atom stereocenters. The molecule has 1 aliphatic rings. The Morgan fingerprint density at radius 1 is 1.54 bits per heavy atom. The molecule has 78 valence electrons. The minimum absolute atomic E-state index is 0.187. The maximum Gasteiger partial charge on any atom is 0.0975 e. The lowest BCUT2D eigenvalue weighted by molar-refractivity contribution is -0.0522. The van der Waals surface area contributed by atoms with Crippen LogP contribution in [0.3, 0.4) is 0 Å². The molecule has 0 saturated heterocycles. The Kier molecular flexibility index (Phi) is 3.71. The van der Waals surface area contributed by atoms with E-state index in [2.05, 4.69) is 5.32 Å². The van der Waals surface area contributed by atoms with Gasteiger partial charge in [0.25, 0.3) is 0 Å². The first kappa shape index (κ1) is 11.0. The molecule has 0 aromatic carbocycles. The van der Waals surface area contributed by atoms with Crippen LogP contribution in [0.4, 0.5) is 0 Å². The van der Waals surface area contributed by atoms with Gasteiger partial charge in [-0.2, -0.15) is 0 Å². The van der Waals surface area contributed by atoms with Crippen molar-refractivity contribution in [1.82, 2.24) is 5.32 Å². The molecule has 0 amide bonds. The van der Waals surface area contributed by atoms with Crippen LogP contribution in [0.25, 0.3) is 0 Å². The van der Waals surface area contributed by atoms with Gasteiger partial charge in [-0.15, -0.1) is 0 Å².